The summed E-state index contributed by atoms with van der Waals surface area (Å²) in [7, 11) is 0. The first-order chi connectivity index (χ1) is 20.1. The molecule has 0 radical (unpaired) electrons. The van der Waals surface area contributed by atoms with Gasteiger partial charge in [0.1, 0.15) is 5.52 Å². The number of fused-ring (bicyclic) bond motifs is 4. The number of piperidine rings is 1. The van der Waals surface area contributed by atoms with Crippen molar-refractivity contribution < 1.29 is 18.7 Å². The van der Waals surface area contributed by atoms with Gasteiger partial charge in [0, 0.05) is 36.7 Å². The van der Waals surface area contributed by atoms with E-state index in [1.807, 2.05) is 48.5 Å². The van der Waals surface area contributed by atoms with Gasteiger partial charge >= 0.3 is 0 Å². The number of hydrogen-bond acceptors (Lipinski definition) is 5. The summed E-state index contributed by atoms with van der Waals surface area (Å²) in [5.74, 6) is 2.19. The Balaban J connectivity index is 0.922. The number of benzene rings is 3. The fourth-order valence-electron chi connectivity index (χ4n) is 7.78. The zero-order valence-electron chi connectivity index (χ0n) is 22.9. The standard InChI is InChI=1S/C34H33N3O4/c38-30(35-23-11-9-21(10-12-23)32-36-28-7-3-4-8-29(28)41-32)17-22-18-34(27-6-2-1-5-24(22)27)13-15-37(16-14-34)33(39)31-25-19-40-20-26(25)31/h1-12,22,25-26,31H,13-20H2,(H,35,38)/t22?,25-,26+,31?. The van der Waals surface area contributed by atoms with E-state index in [4.69, 9.17) is 9.15 Å². The summed E-state index contributed by atoms with van der Waals surface area (Å²) in [6.07, 6.45) is 3.33. The monoisotopic (exact) mass is 547 g/mol. The van der Waals surface area contributed by atoms with Crippen LogP contribution in [0.5, 0.6) is 0 Å². The van der Waals surface area contributed by atoms with Gasteiger partial charge in [-0.1, -0.05) is 36.4 Å². The van der Waals surface area contributed by atoms with Gasteiger partial charge in [0.15, 0.2) is 5.58 Å². The van der Waals surface area contributed by atoms with E-state index in [2.05, 4.69) is 39.5 Å². The van der Waals surface area contributed by atoms with E-state index in [1.165, 1.54) is 11.1 Å². The van der Waals surface area contributed by atoms with Crippen LogP contribution in [0.3, 0.4) is 0 Å². The fraction of sp³-hybridized carbons (Fsp3) is 0.382. The lowest BCUT2D eigenvalue weighted by atomic mass is 9.73. The Labute approximate surface area is 238 Å². The first-order valence-electron chi connectivity index (χ1n) is 14.8. The summed E-state index contributed by atoms with van der Waals surface area (Å²) >= 11 is 0. The van der Waals surface area contributed by atoms with Gasteiger partial charge in [-0.3, -0.25) is 9.59 Å². The lowest BCUT2D eigenvalue weighted by molar-refractivity contribution is -0.135. The normalized spacial score (nSPS) is 25.7. The second kappa shape index (κ2) is 9.55. The number of carbonyl (C=O) groups is 2. The molecule has 2 aliphatic heterocycles. The van der Waals surface area contributed by atoms with Crippen molar-refractivity contribution in [2.45, 2.75) is 37.0 Å². The molecule has 7 nitrogen and oxygen atoms in total. The maximum absolute atomic E-state index is 13.2. The second-order valence-electron chi connectivity index (χ2n) is 12.3. The quantitative estimate of drug-likeness (QED) is 0.343. The number of oxazole rings is 1. The Hall–Kier alpha value is -3.97. The molecule has 2 unspecified atom stereocenters. The highest BCUT2D eigenvalue weighted by Crippen LogP contribution is 2.55. The predicted molar refractivity (Wildman–Crippen MR) is 155 cm³/mol. The highest BCUT2D eigenvalue weighted by molar-refractivity contribution is 5.91. The number of nitrogens with zero attached hydrogens (tertiary/aromatic N) is 2. The van der Waals surface area contributed by atoms with E-state index in [-0.39, 0.29) is 23.2 Å². The summed E-state index contributed by atoms with van der Waals surface area (Å²) in [5.41, 5.74) is 5.93. The number of para-hydroxylation sites is 2. The molecule has 3 aromatic carbocycles. The van der Waals surface area contributed by atoms with Crippen LogP contribution in [0.2, 0.25) is 0 Å². The van der Waals surface area contributed by atoms with Crippen molar-refractivity contribution in [3.05, 3.63) is 83.9 Å². The van der Waals surface area contributed by atoms with Crippen molar-refractivity contribution in [1.82, 2.24) is 9.88 Å². The number of nitrogens with one attached hydrogen (secondary N) is 1. The predicted octanol–water partition coefficient (Wildman–Crippen LogP) is 5.76. The maximum Gasteiger partial charge on any atom is 0.227 e. The van der Waals surface area contributed by atoms with Gasteiger partial charge in [-0.2, -0.15) is 0 Å². The molecular formula is C34H33N3O4. The number of aromatic nitrogens is 1. The molecular weight excluding hydrogens is 514 g/mol. The van der Waals surface area contributed by atoms with Gasteiger partial charge in [0.25, 0.3) is 0 Å². The average molecular weight is 548 g/mol. The molecule has 3 fully saturated rings. The summed E-state index contributed by atoms with van der Waals surface area (Å²) in [4.78, 5) is 33.1. The number of carbonyl (C=O) groups excluding carboxylic acids is 2. The Bertz CT molecular complexity index is 1590. The molecule has 1 spiro atoms. The third kappa shape index (κ3) is 4.25. The molecule has 3 heterocycles. The summed E-state index contributed by atoms with van der Waals surface area (Å²) < 4.78 is 11.4. The maximum atomic E-state index is 13.2. The van der Waals surface area contributed by atoms with Crippen LogP contribution >= 0.6 is 0 Å². The molecule has 2 saturated heterocycles. The average Bonchev–Trinajstić information content (AvgIpc) is 3.33. The van der Waals surface area contributed by atoms with Crippen LogP contribution in [0.25, 0.3) is 22.6 Å². The van der Waals surface area contributed by atoms with E-state index in [1.54, 1.807) is 0 Å². The number of rotatable bonds is 5. The molecule has 7 heteroatoms. The van der Waals surface area contributed by atoms with Crippen LogP contribution in [0.15, 0.2) is 77.2 Å². The van der Waals surface area contributed by atoms with Crippen LogP contribution in [0.4, 0.5) is 5.69 Å². The van der Waals surface area contributed by atoms with Crippen molar-refractivity contribution >= 4 is 28.6 Å². The summed E-state index contributed by atoms with van der Waals surface area (Å²) in [6, 6.07) is 24.0. The molecule has 1 saturated carbocycles. The van der Waals surface area contributed by atoms with E-state index < -0.39 is 0 Å². The van der Waals surface area contributed by atoms with Gasteiger partial charge in [-0.05, 0) is 90.0 Å². The van der Waals surface area contributed by atoms with Crippen LogP contribution in [-0.2, 0) is 19.7 Å². The topological polar surface area (TPSA) is 84.7 Å². The molecule has 2 amide bonds. The van der Waals surface area contributed by atoms with Crippen LogP contribution in [0.1, 0.15) is 42.7 Å². The molecule has 2 aliphatic carbocycles. The zero-order chi connectivity index (χ0) is 27.6. The lowest BCUT2D eigenvalue weighted by Crippen LogP contribution is -2.45. The van der Waals surface area contributed by atoms with E-state index in [0.29, 0.717) is 30.1 Å². The van der Waals surface area contributed by atoms with Gasteiger partial charge in [-0.25, -0.2) is 4.98 Å². The summed E-state index contributed by atoms with van der Waals surface area (Å²) in [5, 5.41) is 3.10. The Morgan fingerprint density at radius 3 is 2.44 bits per heavy atom. The third-order valence-corrected chi connectivity index (χ3v) is 10.0. The molecule has 4 atom stereocenters. The zero-order valence-corrected chi connectivity index (χ0v) is 22.9. The van der Waals surface area contributed by atoms with E-state index in [0.717, 1.165) is 67.9 Å². The summed E-state index contributed by atoms with van der Waals surface area (Å²) in [6.45, 7) is 3.10. The Morgan fingerprint density at radius 1 is 0.927 bits per heavy atom. The second-order valence-corrected chi connectivity index (χ2v) is 12.3. The minimum Gasteiger partial charge on any atom is -0.436 e. The minimum absolute atomic E-state index is 0.0200. The highest BCUT2D eigenvalue weighted by atomic mass is 16.5. The molecule has 8 rings (SSSR count). The van der Waals surface area contributed by atoms with E-state index in [9.17, 15) is 9.59 Å². The molecule has 4 aliphatic rings. The van der Waals surface area contributed by atoms with Crippen molar-refractivity contribution in [2.24, 2.45) is 17.8 Å². The number of likely N-dealkylation sites (tertiary alicyclic amines) is 1. The van der Waals surface area contributed by atoms with Crippen molar-refractivity contribution in [3.8, 4) is 11.5 Å². The number of anilines is 1. The Morgan fingerprint density at radius 2 is 1.66 bits per heavy atom. The van der Waals surface area contributed by atoms with Crippen LogP contribution < -0.4 is 5.32 Å². The first-order valence-corrected chi connectivity index (χ1v) is 14.8. The molecule has 41 heavy (non-hydrogen) atoms. The highest BCUT2D eigenvalue weighted by Gasteiger charge is 2.59. The smallest absolute Gasteiger partial charge is 0.227 e. The fourth-order valence-corrected chi connectivity index (χ4v) is 7.78. The molecule has 4 aromatic rings. The molecule has 1 aromatic heterocycles. The van der Waals surface area contributed by atoms with E-state index >= 15 is 0 Å². The van der Waals surface area contributed by atoms with Gasteiger partial charge in [0.05, 0.1) is 13.2 Å². The lowest BCUT2D eigenvalue weighted by Gasteiger charge is -2.40. The number of hydrogen-bond donors (Lipinski definition) is 1. The Kier molecular flexibility index (Phi) is 5.78. The van der Waals surface area contributed by atoms with Crippen LogP contribution in [0, 0.1) is 17.8 Å². The van der Waals surface area contributed by atoms with Gasteiger partial charge < -0.3 is 19.4 Å². The van der Waals surface area contributed by atoms with Crippen LogP contribution in [-0.4, -0.2) is 48.0 Å². The number of ether oxygens (including phenoxy) is 1. The largest absolute Gasteiger partial charge is 0.436 e. The van der Waals surface area contributed by atoms with Crippen molar-refractivity contribution in [2.75, 3.05) is 31.6 Å². The molecule has 1 N–H and O–H groups in total. The minimum atomic E-state index is 0.0200. The third-order valence-electron chi connectivity index (χ3n) is 10.0. The van der Waals surface area contributed by atoms with Crippen molar-refractivity contribution in [1.29, 1.82) is 0 Å². The van der Waals surface area contributed by atoms with Gasteiger partial charge in [-0.15, -0.1) is 0 Å². The SMILES string of the molecule is O=C(CC1CC2(CCN(C(=O)C3[C@H]4COC[C@@H]34)CC2)c2ccccc21)Nc1ccc(-c2nc3ccccc3o2)cc1. The number of amides is 2. The first kappa shape index (κ1) is 24.8. The molecule has 0 bridgehead atoms. The molecule has 208 valence electrons. The van der Waals surface area contributed by atoms with Crippen molar-refractivity contribution in [3.63, 3.8) is 0 Å². The van der Waals surface area contributed by atoms with Gasteiger partial charge in [0.2, 0.25) is 17.7 Å².